The number of aliphatic hydroxyl groups excluding tert-OH is 1. The third-order valence-corrected chi connectivity index (χ3v) is 3.92. The van der Waals surface area contributed by atoms with Crippen LogP contribution in [0.2, 0.25) is 0 Å². The Morgan fingerprint density at radius 1 is 1.11 bits per heavy atom. The van der Waals surface area contributed by atoms with Crippen molar-refractivity contribution < 1.29 is 5.11 Å². The maximum Gasteiger partial charge on any atom is 0.0825 e. The Morgan fingerprint density at radius 2 is 1.74 bits per heavy atom. The van der Waals surface area contributed by atoms with Crippen molar-refractivity contribution in [3.05, 3.63) is 65.0 Å². The molecule has 1 aliphatic carbocycles. The topological polar surface area (TPSA) is 33.1 Å². The minimum atomic E-state index is -0.370. The summed E-state index contributed by atoms with van der Waals surface area (Å²) < 4.78 is 0. The molecule has 1 heterocycles. The third-order valence-electron chi connectivity index (χ3n) is 3.92. The van der Waals surface area contributed by atoms with Gasteiger partial charge in [-0.15, -0.1) is 0 Å². The Morgan fingerprint density at radius 3 is 2.37 bits per heavy atom. The average molecular weight is 253 g/mol. The number of aliphatic hydroxyl groups is 1. The van der Waals surface area contributed by atoms with E-state index in [-0.39, 0.29) is 6.10 Å². The highest BCUT2D eigenvalue weighted by Gasteiger charge is 2.43. The van der Waals surface area contributed by atoms with E-state index in [0.717, 1.165) is 23.4 Å². The Balaban J connectivity index is 1.78. The number of hydrogen-bond acceptors (Lipinski definition) is 2. The lowest BCUT2D eigenvalue weighted by Gasteiger charge is -2.12. The number of benzene rings is 1. The lowest BCUT2D eigenvalue weighted by atomic mass is 10.0. The summed E-state index contributed by atoms with van der Waals surface area (Å²) >= 11 is 0. The number of rotatable bonds is 3. The van der Waals surface area contributed by atoms with E-state index in [0.29, 0.717) is 11.8 Å². The SMILES string of the molecule is Cc1cc(C(O)C2CC2c2ccccc2)cc(C)n1. The number of pyridine rings is 1. The van der Waals surface area contributed by atoms with Crippen molar-refractivity contribution in [1.82, 2.24) is 4.98 Å². The molecule has 1 saturated carbocycles. The highest BCUT2D eigenvalue weighted by Crippen LogP contribution is 2.53. The summed E-state index contributed by atoms with van der Waals surface area (Å²) in [6.45, 7) is 3.95. The predicted octanol–water partition coefficient (Wildman–Crippen LogP) is 3.54. The number of aromatic nitrogens is 1. The van der Waals surface area contributed by atoms with Crippen LogP contribution in [0.15, 0.2) is 42.5 Å². The molecule has 1 aromatic heterocycles. The van der Waals surface area contributed by atoms with E-state index in [1.54, 1.807) is 0 Å². The summed E-state index contributed by atoms with van der Waals surface area (Å²) in [6, 6.07) is 14.5. The van der Waals surface area contributed by atoms with Gasteiger partial charge >= 0.3 is 0 Å². The van der Waals surface area contributed by atoms with Crippen molar-refractivity contribution in [3.8, 4) is 0 Å². The van der Waals surface area contributed by atoms with Crippen molar-refractivity contribution in [2.75, 3.05) is 0 Å². The quantitative estimate of drug-likeness (QED) is 0.907. The van der Waals surface area contributed by atoms with Gasteiger partial charge in [-0.3, -0.25) is 4.98 Å². The fourth-order valence-corrected chi connectivity index (χ4v) is 2.93. The zero-order chi connectivity index (χ0) is 13.4. The molecule has 0 radical (unpaired) electrons. The van der Waals surface area contributed by atoms with Crippen LogP contribution in [0.1, 0.15) is 41.0 Å². The fraction of sp³-hybridized carbons (Fsp3) is 0.353. The summed E-state index contributed by atoms with van der Waals surface area (Å²) in [5.74, 6) is 0.855. The number of hydrogen-bond donors (Lipinski definition) is 1. The molecule has 1 N–H and O–H groups in total. The summed E-state index contributed by atoms with van der Waals surface area (Å²) in [6.07, 6.45) is 0.705. The van der Waals surface area contributed by atoms with Crippen LogP contribution >= 0.6 is 0 Å². The van der Waals surface area contributed by atoms with E-state index >= 15 is 0 Å². The first-order valence-electron chi connectivity index (χ1n) is 6.83. The van der Waals surface area contributed by atoms with Crippen LogP contribution in [0.4, 0.5) is 0 Å². The second-order valence-electron chi connectivity index (χ2n) is 5.54. The molecular formula is C17H19NO. The summed E-state index contributed by atoms with van der Waals surface area (Å²) in [4.78, 5) is 4.36. The van der Waals surface area contributed by atoms with Gasteiger partial charge < -0.3 is 5.11 Å². The van der Waals surface area contributed by atoms with Crippen LogP contribution in [0.25, 0.3) is 0 Å². The van der Waals surface area contributed by atoms with E-state index in [2.05, 4.69) is 29.2 Å². The van der Waals surface area contributed by atoms with Crippen LogP contribution in [0, 0.1) is 19.8 Å². The molecule has 0 amide bonds. The van der Waals surface area contributed by atoms with E-state index in [9.17, 15) is 5.11 Å². The zero-order valence-corrected chi connectivity index (χ0v) is 11.4. The normalized spacial score (nSPS) is 23.1. The number of nitrogens with zero attached hydrogens (tertiary/aromatic N) is 1. The molecule has 2 heteroatoms. The maximum absolute atomic E-state index is 10.5. The van der Waals surface area contributed by atoms with E-state index in [4.69, 9.17) is 0 Å². The molecule has 0 aliphatic heterocycles. The van der Waals surface area contributed by atoms with Crippen LogP contribution < -0.4 is 0 Å². The third kappa shape index (κ3) is 2.54. The molecule has 0 bridgehead atoms. The number of aryl methyl sites for hydroxylation is 2. The van der Waals surface area contributed by atoms with Gasteiger partial charge in [-0.05, 0) is 55.4 Å². The molecular weight excluding hydrogens is 234 g/mol. The monoisotopic (exact) mass is 253 g/mol. The molecule has 1 fully saturated rings. The first-order chi connectivity index (χ1) is 9.15. The molecule has 1 aliphatic rings. The lowest BCUT2D eigenvalue weighted by molar-refractivity contribution is 0.151. The fourth-order valence-electron chi connectivity index (χ4n) is 2.93. The van der Waals surface area contributed by atoms with E-state index < -0.39 is 0 Å². The molecule has 1 aromatic carbocycles. The van der Waals surface area contributed by atoms with Gasteiger partial charge in [0.2, 0.25) is 0 Å². The van der Waals surface area contributed by atoms with Gasteiger partial charge in [0.25, 0.3) is 0 Å². The molecule has 0 spiro atoms. The van der Waals surface area contributed by atoms with E-state index in [1.165, 1.54) is 5.56 Å². The summed E-state index contributed by atoms with van der Waals surface area (Å²) in [5.41, 5.74) is 4.31. The van der Waals surface area contributed by atoms with Crippen LogP contribution in [0.5, 0.6) is 0 Å². The molecule has 0 saturated heterocycles. The van der Waals surface area contributed by atoms with Gasteiger partial charge in [-0.25, -0.2) is 0 Å². The van der Waals surface area contributed by atoms with Crippen molar-refractivity contribution in [2.45, 2.75) is 32.3 Å². The standard InChI is InChI=1S/C17H19NO/c1-11-8-14(9-12(2)18-11)17(19)16-10-15(16)13-6-4-3-5-7-13/h3-9,15-17,19H,10H2,1-2H3. The Kier molecular flexibility index (Phi) is 3.11. The van der Waals surface area contributed by atoms with Crippen molar-refractivity contribution >= 4 is 0 Å². The Bertz CT molecular complexity index is 559. The van der Waals surface area contributed by atoms with Gasteiger partial charge in [0.1, 0.15) is 0 Å². The molecule has 19 heavy (non-hydrogen) atoms. The second kappa shape index (κ2) is 4.78. The van der Waals surface area contributed by atoms with Crippen molar-refractivity contribution in [2.24, 2.45) is 5.92 Å². The average Bonchev–Trinajstić information content (AvgIpc) is 3.18. The minimum Gasteiger partial charge on any atom is -0.388 e. The molecule has 3 rings (SSSR count). The van der Waals surface area contributed by atoms with Gasteiger partial charge in [-0.1, -0.05) is 30.3 Å². The Hall–Kier alpha value is -1.67. The molecule has 3 atom stereocenters. The molecule has 2 aromatic rings. The van der Waals surface area contributed by atoms with Gasteiger partial charge in [0.05, 0.1) is 6.10 Å². The molecule has 2 nitrogen and oxygen atoms in total. The van der Waals surface area contributed by atoms with Gasteiger partial charge in [0.15, 0.2) is 0 Å². The first-order valence-corrected chi connectivity index (χ1v) is 6.83. The van der Waals surface area contributed by atoms with Crippen molar-refractivity contribution in [1.29, 1.82) is 0 Å². The zero-order valence-electron chi connectivity index (χ0n) is 11.4. The summed E-state index contributed by atoms with van der Waals surface area (Å²) in [7, 11) is 0. The van der Waals surface area contributed by atoms with E-state index in [1.807, 2.05) is 32.0 Å². The Labute approximate surface area is 114 Å². The molecule has 3 unspecified atom stereocenters. The predicted molar refractivity (Wildman–Crippen MR) is 76.0 cm³/mol. The van der Waals surface area contributed by atoms with Crippen molar-refractivity contribution in [3.63, 3.8) is 0 Å². The van der Waals surface area contributed by atoms with Crippen LogP contribution in [-0.2, 0) is 0 Å². The molecule has 98 valence electrons. The largest absolute Gasteiger partial charge is 0.388 e. The first kappa shape index (κ1) is 12.4. The van der Waals surface area contributed by atoms with Crippen LogP contribution in [0.3, 0.4) is 0 Å². The lowest BCUT2D eigenvalue weighted by Crippen LogP contribution is -2.03. The smallest absolute Gasteiger partial charge is 0.0825 e. The maximum atomic E-state index is 10.5. The second-order valence-corrected chi connectivity index (χ2v) is 5.54. The van der Waals surface area contributed by atoms with Gasteiger partial charge in [0, 0.05) is 11.4 Å². The highest BCUT2D eigenvalue weighted by atomic mass is 16.3. The van der Waals surface area contributed by atoms with Gasteiger partial charge in [-0.2, -0.15) is 0 Å². The summed E-state index contributed by atoms with van der Waals surface area (Å²) in [5, 5.41) is 10.5. The highest BCUT2D eigenvalue weighted by molar-refractivity contribution is 5.30. The van der Waals surface area contributed by atoms with Crippen LogP contribution in [-0.4, -0.2) is 10.1 Å². The minimum absolute atomic E-state index is 0.351.